The highest BCUT2D eigenvalue weighted by molar-refractivity contribution is 5.79. The topological polar surface area (TPSA) is 107 Å². The summed E-state index contributed by atoms with van der Waals surface area (Å²) in [7, 11) is 0. The van der Waals surface area contributed by atoms with Gasteiger partial charge < -0.3 is 20.6 Å². The summed E-state index contributed by atoms with van der Waals surface area (Å²) in [6, 6.07) is 1.25. The highest BCUT2D eigenvalue weighted by atomic mass is 16.4. The van der Waals surface area contributed by atoms with Crippen LogP contribution in [0.4, 0.5) is 0 Å². The van der Waals surface area contributed by atoms with E-state index >= 15 is 0 Å². The van der Waals surface area contributed by atoms with Crippen LogP contribution in [0.25, 0.3) is 0 Å². The molecule has 1 atom stereocenters. The van der Waals surface area contributed by atoms with Crippen LogP contribution in [-0.2, 0) is 9.59 Å². The van der Waals surface area contributed by atoms with E-state index in [2.05, 4.69) is 33.0 Å². The molecule has 0 aliphatic carbocycles. The fourth-order valence-electron chi connectivity index (χ4n) is 0.919. The van der Waals surface area contributed by atoms with E-state index in [-0.39, 0.29) is 0 Å². The second kappa shape index (κ2) is 9.11. The standard InChI is InChI=1S/C6H15N.C4H6O5/c1-5(2)7-6(3)4;5-2(4(8)9)1-3(6)7/h5-7H,1-4H3;2,5H,1H2,(H,6,7)(H,8,9). The molecule has 1 unspecified atom stereocenters. The number of hydrogen-bond acceptors (Lipinski definition) is 4. The van der Waals surface area contributed by atoms with E-state index in [1.807, 2.05) is 0 Å². The Kier molecular flexibility index (Phi) is 9.83. The first-order valence-electron chi connectivity index (χ1n) is 5.05. The van der Waals surface area contributed by atoms with E-state index in [9.17, 15) is 9.59 Å². The molecule has 0 aliphatic heterocycles. The molecule has 6 heteroatoms. The van der Waals surface area contributed by atoms with Gasteiger partial charge in [-0.1, -0.05) is 27.7 Å². The van der Waals surface area contributed by atoms with Crippen LogP contribution in [0.2, 0.25) is 0 Å². The van der Waals surface area contributed by atoms with Gasteiger partial charge in [-0.2, -0.15) is 0 Å². The maximum absolute atomic E-state index is 9.72. The molecule has 0 aromatic rings. The van der Waals surface area contributed by atoms with Crippen LogP contribution in [0.15, 0.2) is 0 Å². The third kappa shape index (κ3) is 15.3. The summed E-state index contributed by atoms with van der Waals surface area (Å²) < 4.78 is 0. The van der Waals surface area contributed by atoms with Gasteiger partial charge in [-0.3, -0.25) is 4.79 Å². The molecule has 0 aromatic heterocycles. The number of carboxylic acids is 2. The lowest BCUT2D eigenvalue weighted by atomic mass is 10.3. The minimum Gasteiger partial charge on any atom is -0.481 e. The monoisotopic (exact) mass is 235 g/mol. The van der Waals surface area contributed by atoms with Gasteiger partial charge in [0.2, 0.25) is 0 Å². The molecule has 0 radical (unpaired) electrons. The Morgan fingerprint density at radius 3 is 1.50 bits per heavy atom. The second-order valence-corrected chi connectivity index (χ2v) is 3.93. The number of aliphatic hydroxyl groups excluding tert-OH is 1. The average Bonchev–Trinajstić information content (AvgIpc) is 2.00. The highest BCUT2D eigenvalue weighted by Gasteiger charge is 2.16. The molecule has 96 valence electrons. The van der Waals surface area contributed by atoms with Crippen LogP contribution >= 0.6 is 0 Å². The predicted octanol–water partition coefficient (Wildman–Crippen LogP) is 0.299. The lowest BCUT2D eigenvalue weighted by molar-refractivity contribution is -0.152. The molecule has 0 aliphatic rings. The number of rotatable bonds is 5. The molecule has 0 saturated carbocycles. The molecule has 0 aromatic carbocycles. The lowest BCUT2D eigenvalue weighted by Crippen LogP contribution is -2.29. The van der Waals surface area contributed by atoms with Crippen molar-refractivity contribution < 1.29 is 24.9 Å². The van der Waals surface area contributed by atoms with Gasteiger partial charge >= 0.3 is 11.9 Å². The van der Waals surface area contributed by atoms with E-state index in [1.165, 1.54) is 0 Å². The van der Waals surface area contributed by atoms with Crippen molar-refractivity contribution in [2.75, 3.05) is 0 Å². The van der Waals surface area contributed by atoms with Crippen molar-refractivity contribution in [1.29, 1.82) is 0 Å². The van der Waals surface area contributed by atoms with Crippen LogP contribution in [0.1, 0.15) is 34.1 Å². The summed E-state index contributed by atoms with van der Waals surface area (Å²) >= 11 is 0. The molecule has 0 fully saturated rings. The van der Waals surface area contributed by atoms with Crippen molar-refractivity contribution >= 4 is 11.9 Å². The van der Waals surface area contributed by atoms with Gasteiger partial charge in [-0.15, -0.1) is 0 Å². The maximum Gasteiger partial charge on any atom is 0.333 e. The smallest absolute Gasteiger partial charge is 0.333 e. The fourth-order valence-corrected chi connectivity index (χ4v) is 0.919. The van der Waals surface area contributed by atoms with Crippen LogP contribution in [0.3, 0.4) is 0 Å². The molecule has 6 nitrogen and oxygen atoms in total. The maximum atomic E-state index is 9.72. The van der Waals surface area contributed by atoms with Gasteiger partial charge in [0.25, 0.3) is 0 Å². The normalized spacial score (nSPS) is 11.9. The van der Waals surface area contributed by atoms with Gasteiger partial charge in [0.05, 0.1) is 6.42 Å². The van der Waals surface area contributed by atoms with Crippen LogP contribution < -0.4 is 5.32 Å². The van der Waals surface area contributed by atoms with Crippen molar-refractivity contribution in [3.05, 3.63) is 0 Å². The van der Waals surface area contributed by atoms with Gasteiger partial charge in [0.15, 0.2) is 6.10 Å². The predicted molar refractivity (Wildman–Crippen MR) is 59.3 cm³/mol. The third-order valence-corrected chi connectivity index (χ3v) is 1.32. The van der Waals surface area contributed by atoms with Gasteiger partial charge in [0, 0.05) is 12.1 Å². The fraction of sp³-hybridized carbons (Fsp3) is 0.800. The average molecular weight is 235 g/mol. The van der Waals surface area contributed by atoms with Gasteiger partial charge in [0.1, 0.15) is 0 Å². The Balaban J connectivity index is 0. The first-order valence-corrected chi connectivity index (χ1v) is 5.05. The van der Waals surface area contributed by atoms with Crippen molar-refractivity contribution in [2.24, 2.45) is 0 Å². The minimum absolute atomic E-state index is 0.625. The molecule has 0 saturated heterocycles. The van der Waals surface area contributed by atoms with E-state index in [1.54, 1.807) is 0 Å². The Morgan fingerprint density at radius 2 is 1.44 bits per heavy atom. The number of aliphatic carboxylic acids is 2. The Bertz CT molecular complexity index is 209. The Morgan fingerprint density at radius 1 is 1.06 bits per heavy atom. The zero-order valence-electron chi connectivity index (χ0n) is 10.1. The van der Waals surface area contributed by atoms with Crippen LogP contribution in [0, 0.1) is 0 Å². The summed E-state index contributed by atoms with van der Waals surface area (Å²) in [5.74, 6) is -2.85. The SMILES string of the molecule is CC(C)NC(C)C.O=C(O)CC(O)C(=O)O. The molecule has 16 heavy (non-hydrogen) atoms. The van der Waals surface area contributed by atoms with Crippen LogP contribution in [0.5, 0.6) is 0 Å². The van der Waals surface area contributed by atoms with Gasteiger partial charge in [-0.25, -0.2) is 4.79 Å². The van der Waals surface area contributed by atoms with E-state index in [4.69, 9.17) is 15.3 Å². The van der Waals surface area contributed by atoms with Gasteiger partial charge in [-0.05, 0) is 0 Å². The molecule has 0 rings (SSSR count). The Hall–Kier alpha value is -1.14. The number of aliphatic hydroxyl groups is 1. The summed E-state index contributed by atoms with van der Waals surface area (Å²) in [5.41, 5.74) is 0. The lowest BCUT2D eigenvalue weighted by Gasteiger charge is -2.10. The largest absolute Gasteiger partial charge is 0.481 e. The molecule has 0 bridgehead atoms. The summed E-state index contributed by atoms with van der Waals surface area (Å²) in [6.45, 7) is 8.61. The molecular weight excluding hydrogens is 214 g/mol. The summed E-state index contributed by atoms with van der Waals surface area (Å²) in [4.78, 5) is 19.4. The summed E-state index contributed by atoms with van der Waals surface area (Å²) in [5, 5.41) is 27.4. The molecule has 0 spiro atoms. The van der Waals surface area contributed by atoms with E-state index in [0.29, 0.717) is 12.1 Å². The molecule has 0 heterocycles. The van der Waals surface area contributed by atoms with Crippen molar-refractivity contribution in [2.45, 2.75) is 52.3 Å². The number of nitrogens with one attached hydrogen (secondary N) is 1. The Labute approximate surface area is 95.3 Å². The highest BCUT2D eigenvalue weighted by Crippen LogP contribution is 1.89. The first kappa shape index (κ1) is 17.3. The van der Waals surface area contributed by atoms with Crippen molar-refractivity contribution in [1.82, 2.24) is 5.32 Å². The zero-order chi connectivity index (χ0) is 13.3. The van der Waals surface area contributed by atoms with E-state index < -0.39 is 24.5 Å². The second-order valence-electron chi connectivity index (χ2n) is 3.93. The van der Waals surface area contributed by atoms with Crippen LogP contribution in [-0.4, -0.2) is 45.4 Å². The molecular formula is C10H21NO5. The minimum atomic E-state index is -1.79. The molecule has 0 amide bonds. The van der Waals surface area contributed by atoms with Crippen molar-refractivity contribution in [3.8, 4) is 0 Å². The first-order chi connectivity index (χ1) is 7.16. The molecule has 4 N–H and O–H groups in total. The van der Waals surface area contributed by atoms with Crippen molar-refractivity contribution in [3.63, 3.8) is 0 Å². The summed E-state index contributed by atoms with van der Waals surface area (Å²) in [6.07, 6.45) is -2.54. The quantitative estimate of drug-likeness (QED) is 0.546. The third-order valence-electron chi connectivity index (χ3n) is 1.32. The van der Waals surface area contributed by atoms with E-state index in [0.717, 1.165) is 0 Å². The number of carbonyl (C=O) groups is 2. The number of hydrogen-bond donors (Lipinski definition) is 4. The number of carboxylic acid groups (broad SMARTS) is 2. The zero-order valence-corrected chi connectivity index (χ0v) is 10.1.